The van der Waals surface area contributed by atoms with Crippen LogP contribution >= 0.6 is 11.3 Å². The van der Waals surface area contributed by atoms with Gasteiger partial charge in [0.1, 0.15) is 4.21 Å². The van der Waals surface area contributed by atoms with Crippen molar-refractivity contribution in [3.05, 3.63) is 52.7 Å². The first kappa shape index (κ1) is 20.3. The van der Waals surface area contributed by atoms with Crippen molar-refractivity contribution >= 4 is 27.3 Å². The molecule has 1 aromatic carbocycles. The van der Waals surface area contributed by atoms with Gasteiger partial charge in [0.15, 0.2) is 0 Å². The van der Waals surface area contributed by atoms with Crippen LogP contribution in [0.3, 0.4) is 0 Å². The lowest BCUT2D eigenvalue weighted by Crippen LogP contribution is -2.35. The average Bonchev–Trinajstić information content (AvgIpc) is 3.49. The van der Waals surface area contributed by atoms with Gasteiger partial charge in [-0.25, -0.2) is 8.42 Å². The normalized spacial score (nSPS) is 17.5. The highest BCUT2D eigenvalue weighted by Gasteiger charge is 2.30. The number of amides is 1. The number of carbonyl (C=O) groups excluding carboxylic acids is 1. The van der Waals surface area contributed by atoms with Gasteiger partial charge in [-0.05, 0) is 42.9 Å². The third-order valence-corrected chi connectivity index (χ3v) is 9.02. The van der Waals surface area contributed by atoms with E-state index in [1.54, 1.807) is 16.3 Å². The van der Waals surface area contributed by atoms with Crippen LogP contribution in [0.25, 0.3) is 11.5 Å². The lowest BCUT2D eigenvalue weighted by atomic mass is 10.0. The SMILES string of the molecule is O=C(c1nnc(-c2csc(S(=O)(=O)N3CCc4ccccc4C3)c2)o1)N1CCCCC1. The summed E-state index contributed by atoms with van der Waals surface area (Å²) >= 11 is 1.12. The van der Waals surface area contributed by atoms with Gasteiger partial charge in [0, 0.05) is 31.6 Å². The number of sulfonamides is 1. The molecule has 0 radical (unpaired) electrons. The van der Waals surface area contributed by atoms with Crippen molar-refractivity contribution < 1.29 is 17.6 Å². The maximum Gasteiger partial charge on any atom is 0.311 e. The van der Waals surface area contributed by atoms with Gasteiger partial charge in [-0.15, -0.1) is 21.5 Å². The number of benzene rings is 1. The summed E-state index contributed by atoms with van der Waals surface area (Å²) in [6.45, 7) is 2.19. The van der Waals surface area contributed by atoms with E-state index in [0.717, 1.165) is 36.2 Å². The molecule has 0 spiro atoms. The highest BCUT2D eigenvalue weighted by molar-refractivity contribution is 7.91. The quantitative estimate of drug-likeness (QED) is 0.596. The molecule has 0 unspecified atom stereocenters. The maximum absolute atomic E-state index is 13.2. The van der Waals surface area contributed by atoms with Crippen molar-refractivity contribution in [1.29, 1.82) is 0 Å². The molecule has 162 valence electrons. The summed E-state index contributed by atoms with van der Waals surface area (Å²) in [7, 11) is -3.63. The van der Waals surface area contributed by atoms with Crippen LogP contribution in [0, 0.1) is 0 Å². The zero-order valence-corrected chi connectivity index (χ0v) is 18.5. The first-order valence-electron chi connectivity index (χ1n) is 10.3. The van der Waals surface area contributed by atoms with E-state index in [2.05, 4.69) is 10.2 Å². The Hall–Kier alpha value is -2.56. The summed E-state index contributed by atoms with van der Waals surface area (Å²) in [5.41, 5.74) is 2.73. The number of fused-ring (bicyclic) bond motifs is 1. The molecule has 31 heavy (non-hydrogen) atoms. The minimum atomic E-state index is -3.63. The van der Waals surface area contributed by atoms with Gasteiger partial charge in [-0.3, -0.25) is 4.79 Å². The molecule has 8 nitrogen and oxygen atoms in total. The van der Waals surface area contributed by atoms with Crippen LogP contribution in [0.1, 0.15) is 41.1 Å². The number of nitrogens with zero attached hydrogens (tertiary/aromatic N) is 4. The molecule has 0 saturated carbocycles. The van der Waals surface area contributed by atoms with E-state index in [9.17, 15) is 13.2 Å². The summed E-state index contributed by atoms with van der Waals surface area (Å²) in [6.07, 6.45) is 3.76. The molecule has 2 aliphatic heterocycles. The van der Waals surface area contributed by atoms with E-state index in [1.165, 1.54) is 9.87 Å². The molecular formula is C21H22N4O4S2. The van der Waals surface area contributed by atoms with E-state index >= 15 is 0 Å². The summed E-state index contributed by atoms with van der Waals surface area (Å²) < 4.78 is 33.7. The van der Waals surface area contributed by atoms with Gasteiger partial charge in [0.2, 0.25) is 5.89 Å². The van der Waals surface area contributed by atoms with Gasteiger partial charge in [0.25, 0.3) is 10.0 Å². The molecular weight excluding hydrogens is 436 g/mol. The van der Waals surface area contributed by atoms with Crippen molar-refractivity contribution in [2.24, 2.45) is 0 Å². The molecule has 0 atom stereocenters. The summed E-state index contributed by atoms with van der Waals surface area (Å²) in [5.74, 6) is -0.171. The monoisotopic (exact) mass is 458 g/mol. The Balaban J connectivity index is 1.34. The smallest absolute Gasteiger partial charge is 0.311 e. The van der Waals surface area contributed by atoms with Crippen molar-refractivity contribution in [2.45, 2.75) is 36.4 Å². The number of thiophene rings is 1. The molecule has 1 amide bonds. The Kier molecular flexibility index (Phi) is 5.37. The molecule has 1 saturated heterocycles. The van der Waals surface area contributed by atoms with Gasteiger partial charge in [-0.1, -0.05) is 24.3 Å². The number of rotatable bonds is 4. The van der Waals surface area contributed by atoms with E-state index in [-0.39, 0.29) is 21.9 Å². The molecule has 0 aliphatic carbocycles. The summed E-state index contributed by atoms with van der Waals surface area (Å²) in [4.78, 5) is 14.3. The van der Waals surface area contributed by atoms with Crippen molar-refractivity contribution in [3.8, 4) is 11.5 Å². The molecule has 3 aromatic rings. The second-order valence-electron chi connectivity index (χ2n) is 7.78. The fourth-order valence-corrected chi connectivity index (χ4v) is 6.75. The average molecular weight is 459 g/mol. The van der Waals surface area contributed by atoms with E-state index in [0.29, 0.717) is 38.2 Å². The number of carbonyl (C=O) groups is 1. The molecule has 0 N–H and O–H groups in total. The Morgan fingerprint density at radius 2 is 1.81 bits per heavy atom. The predicted molar refractivity (Wildman–Crippen MR) is 115 cm³/mol. The summed E-state index contributed by atoms with van der Waals surface area (Å²) in [6, 6.07) is 9.46. The highest BCUT2D eigenvalue weighted by Crippen LogP contribution is 2.32. The lowest BCUT2D eigenvalue weighted by molar-refractivity contribution is 0.0684. The largest absolute Gasteiger partial charge is 0.412 e. The number of hydrogen-bond acceptors (Lipinski definition) is 7. The van der Waals surface area contributed by atoms with Crippen LogP contribution in [0.2, 0.25) is 0 Å². The molecule has 5 rings (SSSR count). The van der Waals surface area contributed by atoms with Crippen LogP contribution in [-0.4, -0.2) is 53.4 Å². The molecule has 1 fully saturated rings. The zero-order chi connectivity index (χ0) is 21.4. The number of aromatic nitrogens is 2. The van der Waals surface area contributed by atoms with E-state index < -0.39 is 10.0 Å². The number of hydrogen-bond donors (Lipinski definition) is 0. The first-order chi connectivity index (χ1) is 15.0. The highest BCUT2D eigenvalue weighted by atomic mass is 32.2. The fraction of sp³-hybridized carbons (Fsp3) is 0.381. The van der Waals surface area contributed by atoms with E-state index in [1.807, 2.05) is 24.3 Å². The minimum Gasteiger partial charge on any atom is -0.412 e. The molecule has 0 bridgehead atoms. The topological polar surface area (TPSA) is 96.6 Å². The maximum atomic E-state index is 13.2. The van der Waals surface area contributed by atoms with Crippen LogP contribution in [0.5, 0.6) is 0 Å². The van der Waals surface area contributed by atoms with Crippen molar-refractivity contribution in [3.63, 3.8) is 0 Å². The third-order valence-electron chi connectivity index (χ3n) is 5.76. The molecule has 4 heterocycles. The fourth-order valence-electron chi connectivity index (χ4n) is 4.02. The lowest BCUT2D eigenvalue weighted by Gasteiger charge is -2.27. The van der Waals surface area contributed by atoms with Crippen LogP contribution in [-0.2, 0) is 23.0 Å². The van der Waals surface area contributed by atoms with Crippen LogP contribution in [0.15, 0.2) is 44.3 Å². The van der Waals surface area contributed by atoms with Gasteiger partial charge in [0.05, 0.1) is 5.56 Å². The predicted octanol–water partition coefficient (Wildman–Crippen LogP) is 3.17. The van der Waals surface area contributed by atoms with Crippen molar-refractivity contribution in [2.75, 3.05) is 19.6 Å². The second-order valence-corrected chi connectivity index (χ2v) is 10.9. The Morgan fingerprint density at radius 1 is 1.03 bits per heavy atom. The van der Waals surface area contributed by atoms with Gasteiger partial charge in [-0.2, -0.15) is 4.31 Å². The Morgan fingerprint density at radius 3 is 2.61 bits per heavy atom. The van der Waals surface area contributed by atoms with E-state index in [4.69, 9.17) is 4.42 Å². The van der Waals surface area contributed by atoms with Crippen molar-refractivity contribution in [1.82, 2.24) is 19.4 Å². The van der Waals surface area contributed by atoms with Gasteiger partial charge < -0.3 is 9.32 Å². The first-order valence-corrected chi connectivity index (χ1v) is 12.6. The molecule has 10 heteroatoms. The minimum absolute atomic E-state index is 0.0554. The second kappa shape index (κ2) is 8.18. The molecule has 2 aromatic heterocycles. The summed E-state index contributed by atoms with van der Waals surface area (Å²) in [5, 5.41) is 9.54. The Bertz CT molecular complexity index is 1210. The standard InChI is InChI=1S/C21H22N4O4S2/c26-21(24-9-4-1-5-10-24)20-23-22-19(29-20)17-12-18(30-14-17)31(27,28)25-11-8-15-6-2-3-7-16(15)13-25/h2-3,6-7,12,14H,1,4-5,8-11,13H2. The Labute approximate surface area is 184 Å². The third kappa shape index (κ3) is 3.90. The van der Waals surface area contributed by atoms with Gasteiger partial charge >= 0.3 is 11.8 Å². The van der Waals surface area contributed by atoms with Crippen LogP contribution < -0.4 is 0 Å². The number of piperidine rings is 1. The zero-order valence-electron chi connectivity index (χ0n) is 16.9. The number of likely N-dealkylation sites (tertiary alicyclic amines) is 1. The van der Waals surface area contributed by atoms with Crippen LogP contribution in [0.4, 0.5) is 0 Å². The molecule has 2 aliphatic rings.